The second kappa shape index (κ2) is 4.96. The molecule has 0 spiro atoms. The van der Waals surface area contributed by atoms with E-state index in [9.17, 15) is 15.2 Å². The van der Waals surface area contributed by atoms with Crippen LogP contribution in [0.2, 0.25) is 0 Å². The number of nitrogens with zero attached hydrogens (tertiary/aromatic N) is 1. The van der Waals surface area contributed by atoms with Crippen LogP contribution in [0.3, 0.4) is 0 Å². The largest absolute Gasteiger partial charge is 0.389 e. The third kappa shape index (κ3) is 3.93. The van der Waals surface area contributed by atoms with E-state index in [0.717, 1.165) is 3.57 Å². The zero-order chi connectivity index (χ0) is 12.3. The summed E-state index contributed by atoms with van der Waals surface area (Å²) in [6, 6.07) is 4.92. The van der Waals surface area contributed by atoms with Crippen LogP contribution in [-0.4, -0.2) is 22.2 Å². The Bertz CT molecular complexity index is 402. The highest BCUT2D eigenvalue weighted by Gasteiger charge is 2.17. The Balaban J connectivity index is 2.91. The van der Waals surface area contributed by atoms with Crippen LogP contribution in [0.4, 0.5) is 11.4 Å². The third-order valence-corrected chi connectivity index (χ3v) is 2.54. The van der Waals surface area contributed by atoms with E-state index in [1.54, 1.807) is 26.0 Å². The molecule has 1 rings (SSSR count). The first kappa shape index (κ1) is 13.2. The van der Waals surface area contributed by atoms with E-state index < -0.39 is 10.5 Å². The van der Waals surface area contributed by atoms with Crippen molar-refractivity contribution in [1.82, 2.24) is 0 Å². The zero-order valence-corrected chi connectivity index (χ0v) is 11.2. The minimum Gasteiger partial charge on any atom is -0.389 e. The van der Waals surface area contributed by atoms with Crippen molar-refractivity contribution in [1.29, 1.82) is 0 Å². The molecule has 0 fully saturated rings. The summed E-state index contributed by atoms with van der Waals surface area (Å²) >= 11 is 2.02. The molecule has 0 amide bonds. The lowest BCUT2D eigenvalue weighted by Gasteiger charge is -2.18. The van der Waals surface area contributed by atoms with E-state index in [-0.39, 0.29) is 12.2 Å². The summed E-state index contributed by atoms with van der Waals surface area (Å²) in [5, 5.41) is 23.2. The van der Waals surface area contributed by atoms with E-state index in [1.165, 1.54) is 6.07 Å². The van der Waals surface area contributed by atoms with E-state index in [1.807, 2.05) is 22.6 Å². The number of hydrogen-bond donors (Lipinski definition) is 2. The molecule has 0 aliphatic heterocycles. The molecule has 0 atom stereocenters. The molecule has 0 radical (unpaired) electrons. The van der Waals surface area contributed by atoms with Gasteiger partial charge in [-0.1, -0.05) is 0 Å². The van der Waals surface area contributed by atoms with Crippen LogP contribution in [0.25, 0.3) is 0 Å². The molecule has 5 nitrogen and oxygen atoms in total. The maximum Gasteiger partial charge on any atom is 0.293 e. The second-order valence-electron chi connectivity index (χ2n) is 4.08. The van der Waals surface area contributed by atoms with Gasteiger partial charge in [-0.2, -0.15) is 0 Å². The number of rotatable bonds is 4. The number of nitro groups is 1. The molecule has 0 aliphatic rings. The van der Waals surface area contributed by atoms with Gasteiger partial charge in [-0.3, -0.25) is 10.1 Å². The van der Waals surface area contributed by atoms with Crippen molar-refractivity contribution in [3.8, 4) is 0 Å². The molecule has 88 valence electrons. The van der Waals surface area contributed by atoms with E-state index >= 15 is 0 Å². The maximum atomic E-state index is 10.8. The minimum absolute atomic E-state index is 0.0242. The quantitative estimate of drug-likeness (QED) is 0.503. The standard InChI is InChI=1S/C10H13IN2O3/c1-10(2,14)6-12-8-4-3-7(11)5-9(8)13(15)16/h3-5,12,14H,6H2,1-2H3. The van der Waals surface area contributed by atoms with Crippen molar-refractivity contribution >= 4 is 34.0 Å². The number of halogens is 1. The van der Waals surface area contributed by atoms with Crippen molar-refractivity contribution in [3.05, 3.63) is 31.9 Å². The predicted octanol–water partition coefficient (Wildman–Crippen LogP) is 2.38. The van der Waals surface area contributed by atoms with Gasteiger partial charge in [0.2, 0.25) is 0 Å². The van der Waals surface area contributed by atoms with E-state index in [0.29, 0.717) is 5.69 Å². The van der Waals surface area contributed by atoms with Gasteiger partial charge in [-0.15, -0.1) is 0 Å². The molecule has 0 aliphatic carbocycles. The average molecular weight is 336 g/mol. The predicted molar refractivity (Wildman–Crippen MR) is 70.6 cm³/mol. The van der Waals surface area contributed by atoms with Gasteiger partial charge in [0, 0.05) is 16.2 Å². The number of benzene rings is 1. The first-order valence-corrected chi connectivity index (χ1v) is 5.78. The van der Waals surface area contributed by atoms with Crippen LogP contribution in [0.5, 0.6) is 0 Å². The molecule has 1 aromatic carbocycles. The van der Waals surface area contributed by atoms with Crippen molar-refractivity contribution < 1.29 is 10.0 Å². The number of hydrogen-bond acceptors (Lipinski definition) is 4. The number of aliphatic hydroxyl groups is 1. The molecule has 16 heavy (non-hydrogen) atoms. The van der Waals surface area contributed by atoms with Crippen LogP contribution in [0.1, 0.15) is 13.8 Å². The summed E-state index contributed by atoms with van der Waals surface area (Å²) < 4.78 is 0.804. The summed E-state index contributed by atoms with van der Waals surface area (Å²) in [6.07, 6.45) is 0. The summed E-state index contributed by atoms with van der Waals surface area (Å²) in [7, 11) is 0. The third-order valence-electron chi connectivity index (χ3n) is 1.87. The SMILES string of the molecule is CC(C)(O)CNc1ccc(I)cc1[N+](=O)[O-]. The van der Waals surface area contributed by atoms with E-state index in [4.69, 9.17) is 0 Å². The van der Waals surface area contributed by atoms with Crippen LogP contribution < -0.4 is 5.32 Å². The van der Waals surface area contributed by atoms with Gasteiger partial charge in [-0.25, -0.2) is 0 Å². The summed E-state index contributed by atoms with van der Waals surface area (Å²) in [6.45, 7) is 3.53. The Kier molecular flexibility index (Phi) is 4.09. The zero-order valence-electron chi connectivity index (χ0n) is 9.03. The highest BCUT2D eigenvalue weighted by molar-refractivity contribution is 14.1. The monoisotopic (exact) mass is 336 g/mol. The van der Waals surface area contributed by atoms with Crippen LogP contribution in [-0.2, 0) is 0 Å². The smallest absolute Gasteiger partial charge is 0.293 e. The molecule has 6 heteroatoms. The number of anilines is 1. The highest BCUT2D eigenvalue weighted by atomic mass is 127. The second-order valence-corrected chi connectivity index (χ2v) is 5.33. The lowest BCUT2D eigenvalue weighted by molar-refractivity contribution is -0.384. The van der Waals surface area contributed by atoms with Gasteiger partial charge in [0.05, 0.1) is 10.5 Å². The van der Waals surface area contributed by atoms with Crippen LogP contribution >= 0.6 is 22.6 Å². The summed E-state index contributed by atoms with van der Waals surface area (Å²) in [5.41, 5.74) is -0.458. The Labute approximate surface area is 107 Å². The topological polar surface area (TPSA) is 75.4 Å². The number of nitro benzene ring substituents is 1. The Morgan fingerprint density at radius 1 is 1.56 bits per heavy atom. The molecule has 0 aromatic heterocycles. The Hall–Kier alpha value is -0.890. The minimum atomic E-state index is -0.906. The van der Waals surface area contributed by atoms with Gasteiger partial charge in [-0.05, 0) is 48.6 Å². The Morgan fingerprint density at radius 2 is 2.19 bits per heavy atom. The fourth-order valence-corrected chi connectivity index (χ4v) is 1.59. The molecule has 1 aromatic rings. The fourth-order valence-electron chi connectivity index (χ4n) is 1.12. The van der Waals surface area contributed by atoms with Crippen molar-refractivity contribution in [2.24, 2.45) is 0 Å². The van der Waals surface area contributed by atoms with Gasteiger partial charge in [0.1, 0.15) is 5.69 Å². The highest BCUT2D eigenvalue weighted by Crippen LogP contribution is 2.26. The lowest BCUT2D eigenvalue weighted by atomic mass is 10.1. The summed E-state index contributed by atoms with van der Waals surface area (Å²) in [5.74, 6) is 0. The van der Waals surface area contributed by atoms with Gasteiger partial charge in [0.15, 0.2) is 0 Å². The first-order valence-electron chi connectivity index (χ1n) is 4.70. The molecule has 0 heterocycles. The fraction of sp³-hybridized carbons (Fsp3) is 0.400. The molecular formula is C10H13IN2O3. The maximum absolute atomic E-state index is 10.8. The molecule has 0 unspecified atom stereocenters. The molecule has 0 saturated heterocycles. The van der Waals surface area contributed by atoms with Crippen LogP contribution in [0, 0.1) is 13.7 Å². The molecular weight excluding hydrogens is 323 g/mol. The van der Waals surface area contributed by atoms with Gasteiger partial charge in [0.25, 0.3) is 5.69 Å². The Morgan fingerprint density at radius 3 is 2.69 bits per heavy atom. The summed E-state index contributed by atoms with van der Waals surface area (Å²) in [4.78, 5) is 10.4. The van der Waals surface area contributed by atoms with Crippen molar-refractivity contribution in [2.75, 3.05) is 11.9 Å². The molecule has 2 N–H and O–H groups in total. The van der Waals surface area contributed by atoms with Gasteiger partial charge < -0.3 is 10.4 Å². The van der Waals surface area contributed by atoms with Crippen molar-refractivity contribution in [2.45, 2.75) is 19.4 Å². The lowest BCUT2D eigenvalue weighted by Crippen LogP contribution is -2.29. The average Bonchev–Trinajstić information content (AvgIpc) is 2.14. The molecule has 0 saturated carbocycles. The van der Waals surface area contributed by atoms with Crippen molar-refractivity contribution in [3.63, 3.8) is 0 Å². The number of nitrogens with one attached hydrogen (secondary N) is 1. The normalized spacial score (nSPS) is 11.2. The van der Waals surface area contributed by atoms with Crippen LogP contribution in [0.15, 0.2) is 18.2 Å². The van der Waals surface area contributed by atoms with E-state index in [2.05, 4.69) is 5.32 Å². The van der Waals surface area contributed by atoms with Gasteiger partial charge >= 0.3 is 0 Å². The molecule has 0 bridgehead atoms. The first-order chi connectivity index (χ1) is 7.29.